The summed E-state index contributed by atoms with van der Waals surface area (Å²) in [4.78, 5) is 25.4. The average Bonchev–Trinajstić information content (AvgIpc) is 3.09. The van der Waals surface area contributed by atoms with Crippen LogP contribution in [0.15, 0.2) is 65.5 Å². The highest BCUT2D eigenvalue weighted by molar-refractivity contribution is 6.30. The Morgan fingerprint density at radius 1 is 1.00 bits per heavy atom. The van der Waals surface area contributed by atoms with E-state index >= 15 is 0 Å². The molecule has 0 fully saturated rings. The van der Waals surface area contributed by atoms with E-state index in [9.17, 15) is 14.0 Å². The van der Waals surface area contributed by atoms with Gasteiger partial charge in [-0.3, -0.25) is 9.59 Å². The number of rotatable bonds is 4. The van der Waals surface area contributed by atoms with Crippen LogP contribution in [0.4, 0.5) is 10.2 Å². The number of halogens is 2. The van der Waals surface area contributed by atoms with Gasteiger partial charge in [-0.25, -0.2) is 13.8 Å². The van der Waals surface area contributed by atoms with Crippen molar-refractivity contribution in [1.82, 2.24) is 19.6 Å². The maximum atomic E-state index is 14.2. The van der Waals surface area contributed by atoms with Gasteiger partial charge in [0.15, 0.2) is 5.69 Å². The molecule has 0 aliphatic carbocycles. The van der Waals surface area contributed by atoms with Crippen molar-refractivity contribution in [3.63, 3.8) is 0 Å². The first-order valence-corrected chi connectivity index (χ1v) is 9.71. The van der Waals surface area contributed by atoms with E-state index in [0.717, 1.165) is 0 Å². The van der Waals surface area contributed by atoms with E-state index in [1.54, 1.807) is 56.3 Å². The number of amides is 1. The van der Waals surface area contributed by atoms with Gasteiger partial charge in [0.2, 0.25) is 5.43 Å². The zero-order chi connectivity index (χ0) is 22.1. The molecule has 156 valence electrons. The standard InChI is InChI=1S/C22H17ClFN5O2/c1-13-10-20(29(26-13)16-7-5-6-15(23)12-16)25-22(31)21-19(30)11-14(2)28(27-21)18-9-4-3-8-17(18)24/h3-12H,1-2H3,(H,25,31). The van der Waals surface area contributed by atoms with Crippen LogP contribution in [0.1, 0.15) is 21.9 Å². The van der Waals surface area contributed by atoms with Gasteiger partial charge in [-0.2, -0.15) is 10.2 Å². The first kappa shape index (κ1) is 20.5. The minimum atomic E-state index is -0.738. The molecule has 0 saturated heterocycles. The maximum Gasteiger partial charge on any atom is 0.281 e. The SMILES string of the molecule is Cc1cc(NC(=O)c2nn(-c3ccccc3F)c(C)cc2=O)n(-c2cccc(Cl)c2)n1. The van der Waals surface area contributed by atoms with Gasteiger partial charge in [0.1, 0.15) is 17.3 Å². The second kappa shape index (κ2) is 8.16. The predicted octanol–water partition coefficient (Wildman–Crippen LogP) is 4.08. The highest BCUT2D eigenvalue weighted by Gasteiger charge is 2.19. The maximum absolute atomic E-state index is 14.2. The Balaban J connectivity index is 1.73. The summed E-state index contributed by atoms with van der Waals surface area (Å²) >= 11 is 6.07. The minimum absolute atomic E-state index is 0.133. The molecular weight excluding hydrogens is 421 g/mol. The van der Waals surface area contributed by atoms with Crippen molar-refractivity contribution in [1.29, 1.82) is 0 Å². The summed E-state index contributed by atoms with van der Waals surface area (Å²) in [6, 6.07) is 15.8. The van der Waals surface area contributed by atoms with Gasteiger partial charge < -0.3 is 5.32 Å². The second-order valence-corrected chi connectivity index (χ2v) is 7.31. The topological polar surface area (TPSA) is 81.8 Å². The van der Waals surface area contributed by atoms with Crippen LogP contribution in [0.25, 0.3) is 11.4 Å². The monoisotopic (exact) mass is 437 g/mol. The van der Waals surface area contributed by atoms with Crippen LogP contribution < -0.4 is 10.7 Å². The molecule has 0 aliphatic heterocycles. The first-order valence-electron chi connectivity index (χ1n) is 9.33. The summed E-state index contributed by atoms with van der Waals surface area (Å²) in [7, 11) is 0. The molecule has 2 aromatic carbocycles. The van der Waals surface area contributed by atoms with Crippen LogP contribution in [0.5, 0.6) is 0 Å². The summed E-state index contributed by atoms with van der Waals surface area (Å²) in [6.45, 7) is 3.38. The van der Waals surface area contributed by atoms with Crippen LogP contribution in [0, 0.1) is 19.7 Å². The molecule has 2 heterocycles. The lowest BCUT2D eigenvalue weighted by Gasteiger charge is -2.12. The van der Waals surface area contributed by atoms with E-state index in [4.69, 9.17) is 11.6 Å². The molecule has 1 N–H and O–H groups in total. The summed E-state index contributed by atoms with van der Waals surface area (Å²) < 4.78 is 17.0. The lowest BCUT2D eigenvalue weighted by atomic mass is 10.2. The fraction of sp³-hybridized carbons (Fsp3) is 0.0909. The van der Waals surface area contributed by atoms with Crippen molar-refractivity contribution >= 4 is 23.3 Å². The number of carbonyl (C=O) groups excluding carboxylic acids is 1. The van der Waals surface area contributed by atoms with E-state index in [0.29, 0.717) is 27.9 Å². The van der Waals surface area contributed by atoms with Gasteiger partial charge in [0.05, 0.1) is 11.4 Å². The molecule has 0 saturated carbocycles. The van der Waals surface area contributed by atoms with Crippen molar-refractivity contribution in [2.24, 2.45) is 0 Å². The van der Waals surface area contributed by atoms with E-state index in [2.05, 4.69) is 15.5 Å². The number of aromatic nitrogens is 4. The highest BCUT2D eigenvalue weighted by atomic mass is 35.5. The molecule has 2 aromatic heterocycles. The van der Waals surface area contributed by atoms with E-state index in [1.165, 1.54) is 27.6 Å². The Morgan fingerprint density at radius 2 is 1.77 bits per heavy atom. The number of benzene rings is 2. The lowest BCUT2D eigenvalue weighted by Crippen LogP contribution is -2.27. The van der Waals surface area contributed by atoms with Gasteiger partial charge in [-0.15, -0.1) is 0 Å². The fourth-order valence-corrected chi connectivity index (χ4v) is 3.33. The van der Waals surface area contributed by atoms with E-state index in [1.807, 2.05) is 0 Å². The Morgan fingerprint density at radius 3 is 2.52 bits per heavy atom. The zero-order valence-corrected chi connectivity index (χ0v) is 17.4. The molecule has 4 rings (SSSR count). The summed E-state index contributed by atoms with van der Waals surface area (Å²) in [5, 5.41) is 11.7. The average molecular weight is 438 g/mol. The first-order chi connectivity index (χ1) is 14.8. The third-order valence-corrected chi connectivity index (χ3v) is 4.76. The number of aryl methyl sites for hydroxylation is 2. The third-order valence-electron chi connectivity index (χ3n) is 4.53. The Kier molecular flexibility index (Phi) is 5.39. The summed E-state index contributed by atoms with van der Waals surface area (Å²) in [6.07, 6.45) is 0. The largest absolute Gasteiger partial charge is 0.305 e. The molecule has 0 spiro atoms. The molecule has 0 atom stereocenters. The Hall–Kier alpha value is -3.78. The lowest BCUT2D eigenvalue weighted by molar-refractivity contribution is 0.101. The van der Waals surface area contributed by atoms with Crippen LogP contribution in [-0.2, 0) is 0 Å². The van der Waals surface area contributed by atoms with Crippen LogP contribution in [0.3, 0.4) is 0 Å². The van der Waals surface area contributed by atoms with Gasteiger partial charge in [-0.05, 0) is 44.2 Å². The third kappa shape index (κ3) is 4.10. The quantitative estimate of drug-likeness (QED) is 0.521. The van der Waals surface area contributed by atoms with Crippen molar-refractivity contribution in [3.8, 4) is 11.4 Å². The number of para-hydroxylation sites is 1. The second-order valence-electron chi connectivity index (χ2n) is 6.88. The molecule has 0 aliphatic rings. The molecule has 4 aromatic rings. The van der Waals surface area contributed by atoms with E-state index < -0.39 is 17.2 Å². The normalized spacial score (nSPS) is 10.8. The minimum Gasteiger partial charge on any atom is -0.305 e. The molecule has 1 amide bonds. The molecular formula is C22H17ClFN5O2. The molecule has 7 nitrogen and oxygen atoms in total. The zero-order valence-electron chi connectivity index (χ0n) is 16.6. The number of hydrogen-bond acceptors (Lipinski definition) is 4. The predicted molar refractivity (Wildman–Crippen MR) is 116 cm³/mol. The smallest absolute Gasteiger partial charge is 0.281 e. The van der Waals surface area contributed by atoms with Crippen molar-refractivity contribution < 1.29 is 9.18 Å². The van der Waals surface area contributed by atoms with Gasteiger partial charge >= 0.3 is 0 Å². The van der Waals surface area contributed by atoms with Crippen LogP contribution >= 0.6 is 11.6 Å². The van der Waals surface area contributed by atoms with Gasteiger partial charge in [0.25, 0.3) is 5.91 Å². The number of hydrogen-bond donors (Lipinski definition) is 1. The highest BCUT2D eigenvalue weighted by Crippen LogP contribution is 2.20. The summed E-state index contributed by atoms with van der Waals surface area (Å²) in [5.74, 6) is -0.926. The Labute approximate surface area is 181 Å². The molecule has 31 heavy (non-hydrogen) atoms. The number of nitrogens with one attached hydrogen (secondary N) is 1. The van der Waals surface area contributed by atoms with Crippen molar-refractivity contribution in [2.75, 3.05) is 5.32 Å². The van der Waals surface area contributed by atoms with E-state index in [-0.39, 0.29) is 11.4 Å². The van der Waals surface area contributed by atoms with Gasteiger partial charge in [-0.1, -0.05) is 29.8 Å². The number of anilines is 1. The number of carbonyl (C=O) groups is 1. The molecule has 0 unspecified atom stereocenters. The number of nitrogens with zero attached hydrogens (tertiary/aromatic N) is 4. The van der Waals surface area contributed by atoms with Crippen LogP contribution in [0.2, 0.25) is 5.02 Å². The molecule has 9 heteroatoms. The van der Waals surface area contributed by atoms with Crippen LogP contribution in [-0.4, -0.2) is 25.5 Å². The fourth-order valence-electron chi connectivity index (χ4n) is 3.14. The molecule has 0 bridgehead atoms. The Bertz CT molecular complexity index is 1360. The van der Waals surface area contributed by atoms with Crippen molar-refractivity contribution in [3.05, 3.63) is 98.8 Å². The summed E-state index contributed by atoms with van der Waals surface area (Å²) in [5.41, 5.74) is 0.867. The van der Waals surface area contributed by atoms with Gasteiger partial charge in [0, 0.05) is 22.8 Å². The van der Waals surface area contributed by atoms with Crippen molar-refractivity contribution in [2.45, 2.75) is 13.8 Å². The molecule has 0 radical (unpaired) electrons.